The second-order valence-electron chi connectivity index (χ2n) is 3.52. The predicted molar refractivity (Wildman–Crippen MR) is 76.2 cm³/mol. The smallest absolute Gasteiger partial charge is 0.250 e. The number of carbonyl (C=O) groups excluding carboxylic acids is 1. The quantitative estimate of drug-likeness (QED) is 0.353. The van der Waals surface area contributed by atoms with E-state index < -0.39 is 9.69 Å². The number of carbonyl (C=O) groups is 1. The molecule has 0 saturated heterocycles. The van der Waals surface area contributed by atoms with Crippen LogP contribution >= 0.6 is 50.9 Å². The molecule has 1 heterocycles. The summed E-state index contributed by atoms with van der Waals surface area (Å²) in [7, 11) is 0. The molecule has 0 aromatic heterocycles. The van der Waals surface area contributed by atoms with Gasteiger partial charge in [0, 0.05) is 17.3 Å². The van der Waals surface area contributed by atoms with Gasteiger partial charge in [0.2, 0.25) is 5.78 Å². The monoisotopic (exact) mass is 369 g/mol. The van der Waals surface area contributed by atoms with E-state index in [0.717, 1.165) is 0 Å². The van der Waals surface area contributed by atoms with E-state index in [0.29, 0.717) is 10.6 Å². The number of nitrogens with zero attached hydrogens (tertiary/aromatic N) is 3. The lowest BCUT2D eigenvalue weighted by Gasteiger charge is -2.28. The largest absolute Gasteiger partial charge is 0.289 e. The summed E-state index contributed by atoms with van der Waals surface area (Å²) in [6.07, 6.45) is 1.36. The molecule has 0 spiro atoms. The minimum Gasteiger partial charge on any atom is -0.289 e. The minimum absolute atomic E-state index is 0.187. The fraction of sp³-hybridized carbons (Fsp3) is 0.200. The summed E-state index contributed by atoms with van der Waals surface area (Å²) in [6.45, 7) is 0.187. The van der Waals surface area contributed by atoms with Crippen LogP contribution in [0.4, 0.5) is 0 Å². The van der Waals surface area contributed by atoms with Gasteiger partial charge in [-0.1, -0.05) is 35.3 Å². The Labute approximate surface area is 127 Å². The summed E-state index contributed by atoms with van der Waals surface area (Å²) >= 11 is 21.0. The molecule has 8 heteroatoms. The Bertz CT molecular complexity index is 509. The van der Waals surface area contributed by atoms with Gasteiger partial charge in [-0.3, -0.25) is 9.21 Å². The average Bonchev–Trinajstić information content (AvgIpc) is 2.76. The predicted octanol–water partition coefficient (Wildman–Crippen LogP) is 3.48. The Balaban J connectivity index is 2.28. The maximum absolute atomic E-state index is 12.3. The summed E-state index contributed by atoms with van der Waals surface area (Å²) in [5, 5.41) is 5.57. The molecule has 0 aliphatic carbocycles. The highest BCUT2D eigenvalue weighted by Crippen LogP contribution is 2.36. The summed E-state index contributed by atoms with van der Waals surface area (Å²) in [5.41, 5.74) is 0.314. The van der Waals surface area contributed by atoms with Crippen LogP contribution in [0.2, 0.25) is 5.02 Å². The third kappa shape index (κ3) is 2.59. The van der Waals surface area contributed by atoms with Crippen molar-refractivity contribution in [1.29, 1.82) is 0 Å². The second kappa shape index (κ2) is 5.25. The molecule has 0 saturated carbocycles. The van der Waals surface area contributed by atoms with Gasteiger partial charge in [0.1, 0.15) is 13.0 Å². The number of rotatable bonds is 3. The molecule has 1 atom stereocenters. The summed E-state index contributed by atoms with van der Waals surface area (Å²) in [5.74, 6) is -0.404. The molecule has 18 heavy (non-hydrogen) atoms. The summed E-state index contributed by atoms with van der Waals surface area (Å²) in [6, 6.07) is 6.66. The number of hydrazone groups is 1. The van der Waals surface area contributed by atoms with Crippen molar-refractivity contribution in [2.75, 3.05) is 6.67 Å². The van der Waals surface area contributed by atoms with E-state index in [1.807, 2.05) is 0 Å². The molecular weight excluding hydrogens is 364 g/mol. The minimum atomic E-state index is -1.52. The third-order valence-corrected chi connectivity index (χ3v) is 3.96. The lowest BCUT2D eigenvalue weighted by atomic mass is 10.1. The third-order valence-electron chi connectivity index (χ3n) is 2.30. The summed E-state index contributed by atoms with van der Waals surface area (Å²) in [4.78, 5) is 12.3. The SMILES string of the molecule is O=C(c1ccccc1Cl)C(Cl)(Br)N1CN(Cl)C=N1. The number of Topliss-reactive ketones (excluding diaryl/α,β-unsaturated/α-hetero) is 1. The zero-order chi connectivity index (χ0) is 13.3. The molecule has 0 fully saturated rings. The van der Waals surface area contributed by atoms with Gasteiger partial charge in [-0.05, 0) is 28.1 Å². The summed E-state index contributed by atoms with van der Waals surface area (Å²) < 4.78 is -0.240. The molecule has 0 N–H and O–H groups in total. The Hall–Kier alpha value is -0.490. The van der Waals surface area contributed by atoms with Gasteiger partial charge in [0.15, 0.2) is 0 Å². The molecule has 1 aromatic carbocycles. The van der Waals surface area contributed by atoms with E-state index in [-0.39, 0.29) is 6.67 Å². The molecule has 1 unspecified atom stereocenters. The molecule has 0 bridgehead atoms. The lowest BCUT2D eigenvalue weighted by molar-refractivity contribution is 0.0874. The van der Waals surface area contributed by atoms with Crippen molar-refractivity contribution >= 4 is 63.0 Å². The normalized spacial score (nSPS) is 18.0. The number of hydrogen-bond donors (Lipinski definition) is 0. The number of ketones is 1. The fourth-order valence-corrected chi connectivity index (χ4v) is 2.38. The van der Waals surface area contributed by atoms with Gasteiger partial charge in [0.05, 0.1) is 5.02 Å². The highest BCUT2D eigenvalue weighted by molar-refractivity contribution is 9.10. The van der Waals surface area contributed by atoms with E-state index in [4.69, 9.17) is 35.0 Å². The Morgan fingerprint density at radius 3 is 2.67 bits per heavy atom. The number of halogens is 4. The van der Waals surface area contributed by atoms with Gasteiger partial charge < -0.3 is 0 Å². The number of alkyl halides is 2. The number of hydrogen-bond acceptors (Lipinski definition) is 4. The Morgan fingerprint density at radius 1 is 1.44 bits per heavy atom. The first-order valence-electron chi connectivity index (χ1n) is 4.84. The van der Waals surface area contributed by atoms with Crippen LogP contribution < -0.4 is 0 Å². The molecule has 4 nitrogen and oxygen atoms in total. The van der Waals surface area contributed by atoms with Crippen molar-refractivity contribution in [3.05, 3.63) is 34.9 Å². The topological polar surface area (TPSA) is 35.9 Å². The molecular formula is C10H7BrCl3N3O. The molecule has 0 amide bonds. The zero-order valence-electron chi connectivity index (χ0n) is 8.86. The van der Waals surface area contributed by atoms with Crippen LogP contribution in [0.3, 0.4) is 0 Å². The van der Waals surface area contributed by atoms with Crippen LogP contribution in [0.15, 0.2) is 29.4 Å². The van der Waals surface area contributed by atoms with Crippen LogP contribution in [-0.4, -0.2) is 32.1 Å². The highest BCUT2D eigenvalue weighted by atomic mass is 79.9. The molecule has 1 aliphatic rings. The fourth-order valence-electron chi connectivity index (χ4n) is 1.41. The van der Waals surface area contributed by atoms with E-state index in [1.54, 1.807) is 24.3 Å². The van der Waals surface area contributed by atoms with E-state index >= 15 is 0 Å². The first-order valence-corrected chi connectivity index (χ1v) is 6.73. The molecule has 1 aromatic rings. The van der Waals surface area contributed by atoms with Gasteiger partial charge in [-0.15, -0.1) is 0 Å². The van der Waals surface area contributed by atoms with Crippen LogP contribution in [0, 0.1) is 0 Å². The maximum atomic E-state index is 12.3. The molecule has 1 aliphatic heterocycles. The van der Waals surface area contributed by atoms with Gasteiger partial charge >= 0.3 is 0 Å². The van der Waals surface area contributed by atoms with Crippen LogP contribution in [0.1, 0.15) is 10.4 Å². The average molecular weight is 371 g/mol. The Morgan fingerprint density at radius 2 is 2.11 bits per heavy atom. The second-order valence-corrected chi connectivity index (χ2v) is 6.51. The van der Waals surface area contributed by atoms with Crippen molar-refractivity contribution in [1.82, 2.24) is 9.43 Å². The van der Waals surface area contributed by atoms with Crippen molar-refractivity contribution in [2.24, 2.45) is 5.10 Å². The van der Waals surface area contributed by atoms with Crippen LogP contribution in [0.25, 0.3) is 0 Å². The van der Waals surface area contributed by atoms with Crippen LogP contribution in [0.5, 0.6) is 0 Å². The Kier molecular flexibility index (Phi) is 4.06. The first-order chi connectivity index (χ1) is 8.43. The van der Waals surface area contributed by atoms with Crippen molar-refractivity contribution in [3.8, 4) is 0 Å². The lowest BCUT2D eigenvalue weighted by Crippen LogP contribution is -2.42. The molecule has 0 radical (unpaired) electrons. The van der Waals surface area contributed by atoms with Crippen molar-refractivity contribution in [2.45, 2.75) is 3.91 Å². The maximum Gasteiger partial charge on any atom is 0.250 e. The highest BCUT2D eigenvalue weighted by Gasteiger charge is 2.42. The van der Waals surface area contributed by atoms with Gasteiger partial charge in [-0.2, -0.15) is 5.10 Å². The van der Waals surface area contributed by atoms with E-state index in [2.05, 4.69) is 21.0 Å². The zero-order valence-corrected chi connectivity index (χ0v) is 12.7. The first kappa shape index (κ1) is 13.9. The van der Waals surface area contributed by atoms with Gasteiger partial charge in [-0.25, -0.2) is 5.01 Å². The molecule has 96 valence electrons. The van der Waals surface area contributed by atoms with Crippen molar-refractivity contribution in [3.63, 3.8) is 0 Å². The van der Waals surface area contributed by atoms with Crippen LogP contribution in [-0.2, 0) is 0 Å². The van der Waals surface area contributed by atoms with Crippen molar-refractivity contribution < 1.29 is 4.79 Å². The number of benzene rings is 1. The standard InChI is InChI=1S/C10H7BrCl3N3O/c11-10(13,17-6-16(14)5-15-17)9(18)7-3-1-2-4-8(7)12/h1-5H,6H2. The van der Waals surface area contributed by atoms with Gasteiger partial charge in [0.25, 0.3) is 3.91 Å². The van der Waals surface area contributed by atoms with E-state index in [1.165, 1.54) is 15.8 Å². The molecule has 2 rings (SSSR count). The van der Waals surface area contributed by atoms with E-state index in [9.17, 15) is 4.79 Å².